The van der Waals surface area contributed by atoms with Gasteiger partial charge in [0.2, 0.25) is 0 Å². The summed E-state index contributed by atoms with van der Waals surface area (Å²) >= 11 is 0. The molecule has 0 saturated carbocycles. The van der Waals surface area contributed by atoms with Gasteiger partial charge in [-0.3, -0.25) is 0 Å². The van der Waals surface area contributed by atoms with Gasteiger partial charge in [0.15, 0.2) is 6.40 Å². The number of aromatic nitrogens is 2. The second-order valence-corrected chi connectivity index (χ2v) is 7.84. The van der Waals surface area contributed by atoms with Gasteiger partial charge in [-0.1, -0.05) is 6.07 Å². The van der Waals surface area contributed by atoms with Gasteiger partial charge in [0.1, 0.15) is 23.6 Å². The first-order chi connectivity index (χ1) is 16.7. The maximum Gasteiger partial charge on any atom is 0.174 e. The molecule has 4 rings (SSSR count). The minimum absolute atomic E-state index is 0.739. The molecule has 0 saturated heterocycles. The van der Waals surface area contributed by atoms with Gasteiger partial charge in [0.25, 0.3) is 0 Å². The van der Waals surface area contributed by atoms with Crippen molar-refractivity contribution in [2.75, 3.05) is 26.1 Å². The number of aryl methyl sites for hydroxylation is 2. The number of fused-ring (bicyclic) bond motifs is 1. The van der Waals surface area contributed by atoms with Gasteiger partial charge in [0, 0.05) is 24.8 Å². The van der Waals surface area contributed by atoms with Crippen molar-refractivity contribution in [2.45, 2.75) is 19.8 Å². The molecule has 0 radical (unpaired) electrons. The van der Waals surface area contributed by atoms with Crippen LogP contribution in [0.5, 0.6) is 11.5 Å². The first kappa shape index (κ1) is 23.2. The fourth-order valence-electron chi connectivity index (χ4n) is 3.60. The van der Waals surface area contributed by atoms with Crippen LogP contribution >= 0.6 is 0 Å². The molecule has 7 heteroatoms. The standard InChI is InChI=1S/C27H28N4O3/c1-19-15-22(9-13-26(19)34-23-10-7-21(8-11-23)30-18-33-3)31-27-24-16-20(5-4-14-32-2)6-12-25(24)28-17-29-27/h6-13,15-18H,4-5,14H2,1-3H3,(H,28,29,31). The summed E-state index contributed by atoms with van der Waals surface area (Å²) in [5, 5.41) is 4.43. The SMILES string of the molecule is COC=Nc1ccc(Oc2ccc(Nc3ncnc4ccc(CCCOC)cc34)cc2C)cc1. The van der Waals surface area contributed by atoms with Crippen LogP contribution in [0, 0.1) is 6.92 Å². The van der Waals surface area contributed by atoms with Crippen molar-refractivity contribution in [1.82, 2.24) is 9.97 Å². The Morgan fingerprint density at radius 2 is 1.82 bits per heavy atom. The lowest BCUT2D eigenvalue weighted by Crippen LogP contribution is -1.98. The summed E-state index contributed by atoms with van der Waals surface area (Å²) in [6, 6.07) is 19.8. The van der Waals surface area contributed by atoms with Gasteiger partial charge >= 0.3 is 0 Å². The zero-order valence-electron chi connectivity index (χ0n) is 19.6. The van der Waals surface area contributed by atoms with E-state index < -0.39 is 0 Å². The van der Waals surface area contributed by atoms with E-state index in [0.29, 0.717) is 0 Å². The third kappa shape index (κ3) is 5.88. The molecule has 3 aromatic carbocycles. The van der Waals surface area contributed by atoms with E-state index >= 15 is 0 Å². The Bertz CT molecular complexity index is 1270. The summed E-state index contributed by atoms with van der Waals surface area (Å²) in [6.45, 7) is 2.76. The Kier molecular flexibility index (Phi) is 7.67. The molecular formula is C27H28N4O3. The van der Waals surface area contributed by atoms with E-state index in [1.165, 1.54) is 12.0 Å². The maximum atomic E-state index is 6.06. The summed E-state index contributed by atoms with van der Waals surface area (Å²) in [5.41, 5.74) is 4.87. The molecule has 0 aliphatic carbocycles. The molecular weight excluding hydrogens is 428 g/mol. The topological polar surface area (TPSA) is 77.9 Å². The Morgan fingerprint density at radius 1 is 0.971 bits per heavy atom. The molecule has 0 bridgehead atoms. The second kappa shape index (κ2) is 11.2. The molecule has 0 amide bonds. The van der Waals surface area contributed by atoms with Gasteiger partial charge in [-0.25, -0.2) is 15.0 Å². The molecule has 0 fully saturated rings. The number of aliphatic imine (C=N–C) groups is 1. The number of hydrogen-bond donors (Lipinski definition) is 1. The van der Waals surface area contributed by atoms with Gasteiger partial charge in [-0.2, -0.15) is 0 Å². The van der Waals surface area contributed by atoms with Gasteiger partial charge in [-0.05, 0) is 85.5 Å². The average molecular weight is 457 g/mol. The number of benzene rings is 3. The predicted molar refractivity (Wildman–Crippen MR) is 136 cm³/mol. The highest BCUT2D eigenvalue weighted by molar-refractivity contribution is 5.91. The lowest BCUT2D eigenvalue weighted by molar-refractivity contribution is 0.195. The second-order valence-electron chi connectivity index (χ2n) is 7.84. The highest BCUT2D eigenvalue weighted by Crippen LogP contribution is 2.31. The number of methoxy groups -OCH3 is 2. The van der Waals surface area contributed by atoms with Crippen LogP contribution < -0.4 is 10.1 Å². The van der Waals surface area contributed by atoms with Crippen molar-refractivity contribution in [3.8, 4) is 11.5 Å². The lowest BCUT2D eigenvalue weighted by Gasteiger charge is -2.13. The molecule has 1 heterocycles. The Balaban J connectivity index is 1.50. The van der Waals surface area contributed by atoms with Gasteiger partial charge in [-0.15, -0.1) is 0 Å². The quantitative estimate of drug-likeness (QED) is 0.170. The fraction of sp³-hybridized carbons (Fsp3) is 0.222. The third-order valence-corrected chi connectivity index (χ3v) is 5.32. The van der Waals surface area contributed by atoms with Crippen LogP contribution in [0.25, 0.3) is 10.9 Å². The van der Waals surface area contributed by atoms with Crippen LogP contribution in [0.4, 0.5) is 17.2 Å². The minimum atomic E-state index is 0.739. The zero-order chi connectivity index (χ0) is 23.8. The molecule has 4 aromatic rings. The molecule has 0 aliphatic rings. The van der Waals surface area contributed by atoms with Crippen molar-refractivity contribution < 1.29 is 14.2 Å². The van der Waals surface area contributed by atoms with Crippen molar-refractivity contribution in [2.24, 2.45) is 4.99 Å². The smallest absolute Gasteiger partial charge is 0.174 e. The van der Waals surface area contributed by atoms with Crippen LogP contribution in [0.15, 0.2) is 72.0 Å². The maximum absolute atomic E-state index is 6.06. The predicted octanol–water partition coefficient (Wildman–Crippen LogP) is 6.36. The van der Waals surface area contributed by atoms with E-state index in [1.54, 1.807) is 20.5 Å². The first-order valence-electron chi connectivity index (χ1n) is 11.1. The van der Waals surface area contributed by atoms with Crippen LogP contribution in [0.2, 0.25) is 0 Å². The van der Waals surface area contributed by atoms with E-state index in [9.17, 15) is 0 Å². The van der Waals surface area contributed by atoms with Crippen molar-refractivity contribution in [3.63, 3.8) is 0 Å². The van der Waals surface area contributed by atoms with Crippen molar-refractivity contribution in [1.29, 1.82) is 0 Å². The molecule has 0 aliphatic heterocycles. The summed E-state index contributed by atoms with van der Waals surface area (Å²) in [7, 11) is 3.29. The Hall–Kier alpha value is -3.97. The largest absolute Gasteiger partial charge is 0.486 e. The number of anilines is 2. The van der Waals surface area contributed by atoms with Crippen molar-refractivity contribution in [3.05, 3.63) is 78.1 Å². The monoisotopic (exact) mass is 456 g/mol. The van der Waals surface area contributed by atoms with Crippen LogP contribution in [-0.2, 0) is 15.9 Å². The summed E-state index contributed by atoms with van der Waals surface area (Å²) in [6.07, 6.45) is 4.90. The van der Waals surface area contributed by atoms with E-state index in [2.05, 4.69) is 32.4 Å². The number of hydrogen-bond acceptors (Lipinski definition) is 7. The summed E-state index contributed by atoms with van der Waals surface area (Å²) < 4.78 is 16.1. The molecule has 0 atom stereocenters. The van der Waals surface area contributed by atoms with E-state index in [0.717, 1.165) is 64.6 Å². The Labute approximate surface area is 199 Å². The number of ether oxygens (including phenoxy) is 3. The van der Waals surface area contributed by atoms with Crippen LogP contribution in [-0.4, -0.2) is 37.2 Å². The highest BCUT2D eigenvalue weighted by atomic mass is 16.5. The van der Waals surface area contributed by atoms with E-state index in [1.807, 2.05) is 55.5 Å². The van der Waals surface area contributed by atoms with Crippen LogP contribution in [0.3, 0.4) is 0 Å². The summed E-state index contributed by atoms with van der Waals surface area (Å²) in [4.78, 5) is 13.1. The van der Waals surface area contributed by atoms with E-state index in [4.69, 9.17) is 14.2 Å². The van der Waals surface area contributed by atoms with Gasteiger partial charge < -0.3 is 19.5 Å². The zero-order valence-corrected chi connectivity index (χ0v) is 19.6. The van der Waals surface area contributed by atoms with Crippen LogP contribution in [0.1, 0.15) is 17.5 Å². The lowest BCUT2D eigenvalue weighted by atomic mass is 10.1. The third-order valence-electron chi connectivity index (χ3n) is 5.32. The number of nitrogens with zero attached hydrogens (tertiary/aromatic N) is 3. The molecule has 1 N–H and O–H groups in total. The number of nitrogens with one attached hydrogen (secondary N) is 1. The van der Waals surface area contributed by atoms with E-state index in [-0.39, 0.29) is 0 Å². The molecule has 174 valence electrons. The Morgan fingerprint density at radius 3 is 2.59 bits per heavy atom. The van der Waals surface area contributed by atoms with Gasteiger partial charge in [0.05, 0.1) is 18.3 Å². The first-order valence-corrected chi connectivity index (χ1v) is 11.1. The highest BCUT2D eigenvalue weighted by Gasteiger charge is 2.08. The normalized spacial score (nSPS) is 11.1. The molecule has 0 spiro atoms. The number of rotatable bonds is 10. The summed E-state index contributed by atoms with van der Waals surface area (Å²) in [5.74, 6) is 2.30. The minimum Gasteiger partial charge on any atom is -0.486 e. The van der Waals surface area contributed by atoms with Crippen molar-refractivity contribution >= 4 is 34.5 Å². The molecule has 34 heavy (non-hydrogen) atoms. The molecule has 1 aromatic heterocycles. The average Bonchev–Trinajstić information content (AvgIpc) is 2.86. The fourth-order valence-corrected chi connectivity index (χ4v) is 3.60. The molecule has 0 unspecified atom stereocenters. The molecule has 7 nitrogen and oxygen atoms in total.